The van der Waals surface area contributed by atoms with Gasteiger partial charge in [0.05, 0.1) is 4.90 Å². The van der Waals surface area contributed by atoms with Gasteiger partial charge in [-0.05, 0) is 35.2 Å². The van der Waals surface area contributed by atoms with E-state index in [0.717, 1.165) is 29.3 Å². The number of phenols is 1. The standard InChI is InChI=1S/C13H17NOS/c1-5-9-6-10(13(2,3)4)12(15)11(7-9)16-8-14/h6-7,15H,5H2,1-4H3. The first-order chi connectivity index (χ1) is 7.40. The van der Waals surface area contributed by atoms with Crippen molar-refractivity contribution >= 4 is 11.8 Å². The lowest BCUT2D eigenvalue weighted by Crippen LogP contribution is -2.12. The molecule has 0 heterocycles. The van der Waals surface area contributed by atoms with E-state index < -0.39 is 0 Å². The molecule has 1 rings (SSSR count). The Labute approximate surface area is 101 Å². The van der Waals surface area contributed by atoms with Crippen LogP contribution in [0, 0.1) is 10.7 Å². The normalized spacial score (nSPS) is 11.2. The molecule has 2 nitrogen and oxygen atoms in total. The second kappa shape index (κ2) is 4.80. The van der Waals surface area contributed by atoms with Crippen LogP contribution in [0.5, 0.6) is 5.75 Å². The molecule has 0 atom stereocenters. The smallest absolute Gasteiger partial charge is 0.138 e. The third-order valence-electron chi connectivity index (χ3n) is 2.51. The number of aromatic hydroxyl groups is 1. The van der Waals surface area contributed by atoms with Gasteiger partial charge in [0.1, 0.15) is 11.2 Å². The van der Waals surface area contributed by atoms with Gasteiger partial charge in [-0.3, -0.25) is 0 Å². The molecule has 0 aromatic heterocycles. The monoisotopic (exact) mass is 235 g/mol. The number of phenolic OH excluding ortho intramolecular Hbond substituents is 1. The van der Waals surface area contributed by atoms with Gasteiger partial charge >= 0.3 is 0 Å². The first-order valence-electron chi connectivity index (χ1n) is 5.32. The lowest BCUT2D eigenvalue weighted by molar-refractivity contribution is 0.434. The van der Waals surface area contributed by atoms with E-state index in [0.29, 0.717) is 4.90 Å². The molecule has 1 aromatic rings. The molecule has 0 aliphatic carbocycles. The molecule has 1 N–H and O–H groups in total. The van der Waals surface area contributed by atoms with Crippen molar-refractivity contribution in [2.24, 2.45) is 0 Å². The molecular weight excluding hydrogens is 218 g/mol. The Morgan fingerprint density at radius 2 is 2.00 bits per heavy atom. The Balaban J connectivity index is 3.38. The molecule has 1 aromatic carbocycles. The molecule has 16 heavy (non-hydrogen) atoms. The van der Waals surface area contributed by atoms with Crippen molar-refractivity contribution in [3.05, 3.63) is 23.3 Å². The predicted molar refractivity (Wildman–Crippen MR) is 67.7 cm³/mol. The van der Waals surface area contributed by atoms with Gasteiger partial charge in [-0.2, -0.15) is 5.26 Å². The van der Waals surface area contributed by atoms with Crippen LogP contribution in [0.4, 0.5) is 0 Å². The molecule has 0 unspecified atom stereocenters. The van der Waals surface area contributed by atoms with Gasteiger partial charge in [-0.15, -0.1) is 0 Å². The van der Waals surface area contributed by atoms with E-state index in [-0.39, 0.29) is 11.2 Å². The molecule has 0 saturated heterocycles. The summed E-state index contributed by atoms with van der Waals surface area (Å²) in [6.45, 7) is 8.24. The second-order valence-electron chi connectivity index (χ2n) is 4.79. The van der Waals surface area contributed by atoms with Crippen LogP contribution >= 0.6 is 11.8 Å². The van der Waals surface area contributed by atoms with Crippen LogP contribution in [-0.4, -0.2) is 5.11 Å². The van der Waals surface area contributed by atoms with Gasteiger partial charge in [0, 0.05) is 5.56 Å². The molecule has 0 amide bonds. The maximum absolute atomic E-state index is 10.1. The highest BCUT2D eigenvalue weighted by Crippen LogP contribution is 2.38. The molecule has 0 aliphatic heterocycles. The van der Waals surface area contributed by atoms with Crippen LogP contribution in [0.25, 0.3) is 0 Å². The lowest BCUT2D eigenvalue weighted by atomic mass is 9.85. The van der Waals surface area contributed by atoms with E-state index in [4.69, 9.17) is 5.26 Å². The van der Waals surface area contributed by atoms with Crippen LogP contribution in [0.1, 0.15) is 38.8 Å². The molecule has 3 heteroatoms. The second-order valence-corrected chi connectivity index (χ2v) is 5.61. The molecule has 86 valence electrons. The highest BCUT2D eigenvalue weighted by molar-refractivity contribution is 8.03. The minimum Gasteiger partial charge on any atom is -0.506 e. The highest BCUT2D eigenvalue weighted by atomic mass is 32.2. The lowest BCUT2D eigenvalue weighted by Gasteiger charge is -2.22. The Bertz CT molecular complexity index is 427. The summed E-state index contributed by atoms with van der Waals surface area (Å²) in [5.74, 6) is 0.247. The number of rotatable bonds is 2. The van der Waals surface area contributed by atoms with Crippen LogP contribution in [0.3, 0.4) is 0 Å². The Hall–Kier alpha value is -1.14. The minimum absolute atomic E-state index is 0.111. The van der Waals surface area contributed by atoms with Crippen molar-refractivity contribution in [3.63, 3.8) is 0 Å². The van der Waals surface area contributed by atoms with Crippen molar-refractivity contribution in [1.29, 1.82) is 5.26 Å². The van der Waals surface area contributed by atoms with Crippen molar-refractivity contribution in [2.45, 2.75) is 44.4 Å². The topological polar surface area (TPSA) is 44.0 Å². The summed E-state index contributed by atoms with van der Waals surface area (Å²) in [4.78, 5) is 0.659. The molecule has 0 radical (unpaired) electrons. The summed E-state index contributed by atoms with van der Waals surface area (Å²) >= 11 is 1.02. The summed E-state index contributed by atoms with van der Waals surface area (Å²) in [6.07, 6.45) is 0.905. The van der Waals surface area contributed by atoms with Gasteiger partial charge in [-0.1, -0.05) is 33.8 Å². The SMILES string of the molecule is CCc1cc(SC#N)c(O)c(C(C)(C)C)c1. The number of nitrogens with zero attached hydrogens (tertiary/aromatic N) is 1. The molecule has 0 aliphatic rings. The van der Waals surface area contributed by atoms with Crippen molar-refractivity contribution < 1.29 is 5.11 Å². The first kappa shape index (κ1) is 12.9. The number of benzene rings is 1. The Morgan fingerprint density at radius 1 is 1.38 bits per heavy atom. The molecule has 0 saturated carbocycles. The fraction of sp³-hybridized carbons (Fsp3) is 0.462. The molecule has 0 spiro atoms. The number of nitriles is 1. The third kappa shape index (κ3) is 2.70. The quantitative estimate of drug-likeness (QED) is 0.626. The number of thioether (sulfide) groups is 1. The Morgan fingerprint density at radius 3 is 2.44 bits per heavy atom. The summed E-state index contributed by atoms with van der Waals surface area (Å²) in [7, 11) is 0. The average Bonchev–Trinajstić information content (AvgIpc) is 2.19. The summed E-state index contributed by atoms with van der Waals surface area (Å²) < 4.78 is 0. The zero-order valence-corrected chi connectivity index (χ0v) is 11.0. The van der Waals surface area contributed by atoms with Gasteiger partial charge in [0.25, 0.3) is 0 Å². The van der Waals surface area contributed by atoms with Gasteiger partial charge in [0.15, 0.2) is 0 Å². The number of hydrogen-bond donors (Lipinski definition) is 1. The predicted octanol–water partition coefficient (Wildman–Crippen LogP) is 3.83. The van der Waals surface area contributed by atoms with E-state index in [2.05, 4.69) is 27.7 Å². The Kier molecular flexibility index (Phi) is 3.88. The molecule has 0 fully saturated rings. The zero-order chi connectivity index (χ0) is 12.3. The summed E-state index contributed by atoms with van der Waals surface area (Å²) in [5.41, 5.74) is 1.95. The van der Waals surface area contributed by atoms with E-state index >= 15 is 0 Å². The zero-order valence-electron chi connectivity index (χ0n) is 10.2. The van der Waals surface area contributed by atoms with Crippen molar-refractivity contribution in [1.82, 2.24) is 0 Å². The van der Waals surface area contributed by atoms with E-state index in [9.17, 15) is 5.11 Å². The van der Waals surface area contributed by atoms with E-state index in [1.807, 2.05) is 17.5 Å². The third-order valence-corrected chi connectivity index (χ3v) is 3.13. The number of hydrogen-bond acceptors (Lipinski definition) is 3. The van der Waals surface area contributed by atoms with Crippen LogP contribution in [0.15, 0.2) is 17.0 Å². The van der Waals surface area contributed by atoms with E-state index in [1.165, 1.54) is 0 Å². The summed E-state index contributed by atoms with van der Waals surface area (Å²) in [5, 5.41) is 20.8. The minimum atomic E-state index is -0.111. The van der Waals surface area contributed by atoms with Crippen molar-refractivity contribution in [3.8, 4) is 11.2 Å². The fourth-order valence-corrected chi connectivity index (χ4v) is 2.08. The number of aryl methyl sites for hydroxylation is 1. The van der Waals surface area contributed by atoms with Crippen LogP contribution in [0.2, 0.25) is 0 Å². The van der Waals surface area contributed by atoms with Gasteiger partial charge in [0.2, 0.25) is 0 Å². The molecular formula is C13H17NOS. The maximum atomic E-state index is 10.1. The maximum Gasteiger partial charge on any atom is 0.138 e. The molecule has 0 bridgehead atoms. The van der Waals surface area contributed by atoms with Crippen LogP contribution < -0.4 is 0 Å². The first-order valence-corrected chi connectivity index (χ1v) is 6.14. The largest absolute Gasteiger partial charge is 0.506 e. The van der Waals surface area contributed by atoms with Crippen LogP contribution in [-0.2, 0) is 11.8 Å². The highest BCUT2D eigenvalue weighted by Gasteiger charge is 2.21. The fourth-order valence-electron chi connectivity index (χ4n) is 1.57. The van der Waals surface area contributed by atoms with E-state index in [1.54, 1.807) is 0 Å². The van der Waals surface area contributed by atoms with Gasteiger partial charge < -0.3 is 5.11 Å². The van der Waals surface area contributed by atoms with Gasteiger partial charge in [-0.25, -0.2) is 0 Å². The summed E-state index contributed by atoms with van der Waals surface area (Å²) in [6, 6.07) is 3.91. The average molecular weight is 235 g/mol. The number of thiocyanates is 1. The van der Waals surface area contributed by atoms with Crippen molar-refractivity contribution in [2.75, 3.05) is 0 Å².